The number of anilines is 3. The lowest BCUT2D eigenvalue weighted by Crippen LogP contribution is -2.28. The first kappa shape index (κ1) is 20.2. The van der Waals surface area contributed by atoms with Crippen LogP contribution in [0, 0.1) is 0 Å². The number of benzene rings is 1. The molecular formula is C20H27ClN4O. The summed E-state index contributed by atoms with van der Waals surface area (Å²) in [5, 5.41) is 0. The first-order valence-corrected chi connectivity index (χ1v) is 8.99. The smallest absolute Gasteiger partial charge is 0.261 e. The molecule has 0 saturated carbocycles. The highest BCUT2D eigenvalue weighted by molar-refractivity contribution is 6.12. The Balaban J connectivity index is 0.00000243. The Labute approximate surface area is 162 Å². The molecule has 3 rings (SSSR count). The number of pyridine rings is 1. The van der Waals surface area contributed by atoms with Crippen LogP contribution in [0.5, 0.6) is 0 Å². The average molecular weight is 375 g/mol. The molecular weight excluding hydrogens is 348 g/mol. The van der Waals surface area contributed by atoms with Crippen LogP contribution < -0.4 is 9.80 Å². The molecule has 2 aromatic rings. The predicted molar refractivity (Wildman–Crippen MR) is 110 cm³/mol. The molecule has 0 saturated heterocycles. The third kappa shape index (κ3) is 3.84. The molecule has 0 fully saturated rings. The van der Waals surface area contributed by atoms with Gasteiger partial charge in [0.2, 0.25) is 0 Å². The van der Waals surface area contributed by atoms with Crippen LogP contribution in [0.15, 0.2) is 42.6 Å². The zero-order valence-corrected chi connectivity index (χ0v) is 16.5. The molecule has 0 atom stereocenters. The van der Waals surface area contributed by atoms with E-state index >= 15 is 0 Å². The molecule has 0 spiro atoms. The molecule has 0 N–H and O–H groups in total. The fourth-order valence-electron chi connectivity index (χ4n) is 3.38. The van der Waals surface area contributed by atoms with Crippen molar-refractivity contribution in [2.75, 3.05) is 43.0 Å². The summed E-state index contributed by atoms with van der Waals surface area (Å²) in [6.07, 6.45) is 2.78. The van der Waals surface area contributed by atoms with Crippen LogP contribution in [-0.2, 0) is 0 Å². The molecule has 0 aliphatic carbocycles. The van der Waals surface area contributed by atoms with Crippen molar-refractivity contribution >= 4 is 35.5 Å². The maximum atomic E-state index is 12.9. The van der Waals surface area contributed by atoms with Gasteiger partial charge >= 0.3 is 0 Å². The molecule has 6 heteroatoms. The molecule has 0 bridgehead atoms. The summed E-state index contributed by atoms with van der Waals surface area (Å²) in [7, 11) is 1.83. The summed E-state index contributed by atoms with van der Waals surface area (Å²) in [6.45, 7) is 8.37. The Kier molecular flexibility index (Phi) is 7.00. The van der Waals surface area contributed by atoms with Crippen LogP contribution in [-0.4, -0.2) is 49.0 Å². The van der Waals surface area contributed by atoms with Crippen molar-refractivity contribution in [3.8, 4) is 0 Å². The van der Waals surface area contributed by atoms with E-state index in [0.717, 1.165) is 49.8 Å². The first-order valence-electron chi connectivity index (χ1n) is 8.99. The van der Waals surface area contributed by atoms with E-state index in [1.54, 1.807) is 11.1 Å². The summed E-state index contributed by atoms with van der Waals surface area (Å²) >= 11 is 0. The number of hydrogen-bond donors (Lipinski definition) is 0. The van der Waals surface area contributed by atoms with Gasteiger partial charge in [-0.25, -0.2) is 4.98 Å². The first-order chi connectivity index (χ1) is 12.2. The molecule has 5 nitrogen and oxygen atoms in total. The number of rotatable bonds is 6. The number of hydrogen-bond acceptors (Lipinski definition) is 4. The number of amides is 1. The Morgan fingerprint density at radius 3 is 2.42 bits per heavy atom. The highest BCUT2D eigenvalue weighted by Crippen LogP contribution is 2.38. The van der Waals surface area contributed by atoms with E-state index in [1.807, 2.05) is 37.4 Å². The minimum Gasteiger partial charge on any atom is -0.324 e. The van der Waals surface area contributed by atoms with E-state index in [-0.39, 0.29) is 18.3 Å². The van der Waals surface area contributed by atoms with Crippen molar-refractivity contribution in [2.45, 2.75) is 20.3 Å². The van der Waals surface area contributed by atoms with E-state index in [9.17, 15) is 4.79 Å². The highest BCUT2D eigenvalue weighted by atomic mass is 35.5. The van der Waals surface area contributed by atoms with Crippen molar-refractivity contribution in [3.05, 3.63) is 48.2 Å². The molecule has 2 heterocycles. The van der Waals surface area contributed by atoms with Crippen molar-refractivity contribution in [1.82, 2.24) is 9.88 Å². The second kappa shape index (κ2) is 9.01. The van der Waals surface area contributed by atoms with Gasteiger partial charge in [-0.05, 0) is 50.3 Å². The summed E-state index contributed by atoms with van der Waals surface area (Å²) < 4.78 is 0. The lowest BCUT2D eigenvalue weighted by atomic mass is 10.2. The fraction of sp³-hybridized carbons (Fsp3) is 0.400. The Morgan fingerprint density at radius 1 is 1.04 bits per heavy atom. The molecule has 140 valence electrons. The van der Waals surface area contributed by atoms with Crippen molar-refractivity contribution in [3.63, 3.8) is 0 Å². The number of nitrogens with zero attached hydrogens (tertiary/aromatic N) is 4. The number of aromatic nitrogens is 1. The minimum atomic E-state index is -0.0122. The van der Waals surface area contributed by atoms with Gasteiger partial charge in [0, 0.05) is 19.8 Å². The van der Waals surface area contributed by atoms with Crippen LogP contribution in [0.1, 0.15) is 30.6 Å². The monoisotopic (exact) mass is 374 g/mol. The summed E-state index contributed by atoms with van der Waals surface area (Å²) in [5.74, 6) is 0.741. The van der Waals surface area contributed by atoms with Gasteiger partial charge in [0.05, 0.1) is 16.9 Å². The van der Waals surface area contributed by atoms with Crippen LogP contribution in [0.25, 0.3) is 0 Å². The Bertz CT molecular complexity index is 748. The largest absolute Gasteiger partial charge is 0.324 e. The van der Waals surface area contributed by atoms with Gasteiger partial charge in [0.15, 0.2) is 0 Å². The van der Waals surface area contributed by atoms with Crippen molar-refractivity contribution in [2.24, 2.45) is 0 Å². The lowest BCUT2D eigenvalue weighted by molar-refractivity contribution is 0.0994. The predicted octanol–water partition coefficient (Wildman–Crippen LogP) is 3.96. The normalized spacial score (nSPS) is 13.2. The highest BCUT2D eigenvalue weighted by Gasteiger charge is 2.29. The summed E-state index contributed by atoms with van der Waals surface area (Å²) in [4.78, 5) is 23.7. The zero-order valence-electron chi connectivity index (χ0n) is 15.7. The summed E-state index contributed by atoms with van der Waals surface area (Å²) in [6, 6.07) is 11.7. The van der Waals surface area contributed by atoms with Gasteiger partial charge < -0.3 is 14.7 Å². The SMILES string of the molecule is CCN(CC)CCCN1c2ccccc2N(C)C(=O)c2cccnc21.Cl. The molecule has 0 unspecified atom stereocenters. The van der Waals surface area contributed by atoms with Crippen LogP contribution in [0.4, 0.5) is 17.2 Å². The Morgan fingerprint density at radius 2 is 1.73 bits per heavy atom. The minimum absolute atomic E-state index is 0. The third-order valence-corrected chi connectivity index (χ3v) is 4.86. The molecule has 1 aromatic carbocycles. The third-order valence-electron chi connectivity index (χ3n) is 4.86. The van der Waals surface area contributed by atoms with Crippen LogP contribution in [0.3, 0.4) is 0 Å². The lowest BCUT2D eigenvalue weighted by Gasteiger charge is -2.27. The van der Waals surface area contributed by atoms with E-state index in [2.05, 4.69) is 34.7 Å². The molecule has 1 aliphatic rings. The van der Waals surface area contributed by atoms with Gasteiger partial charge in [0.25, 0.3) is 5.91 Å². The Hall–Kier alpha value is -2.11. The van der Waals surface area contributed by atoms with Crippen molar-refractivity contribution < 1.29 is 4.79 Å². The van der Waals surface area contributed by atoms with E-state index < -0.39 is 0 Å². The molecule has 26 heavy (non-hydrogen) atoms. The molecule has 0 radical (unpaired) electrons. The molecule has 1 aromatic heterocycles. The summed E-state index contributed by atoms with van der Waals surface area (Å²) in [5.41, 5.74) is 2.62. The van der Waals surface area contributed by atoms with Crippen LogP contribution in [0.2, 0.25) is 0 Å². The van der Waals surface area contributed by atoms with Gasteiger partial charge in [0.1, 0.15) is 5.82 Å². The van der Waals surface area contributed by atoms with E-state index in [1.165, 1.54) is 0 Å². The van der Waals surface area contributed by atoms with Gasteiger partial charge in [-0.3, -0.25) is 4.79 Å². The van der Waals surface area contributed by atoms with Gasteiger partial charge in [-0.1, -0.05) is 26.0 Å². The second-order valence-corrected chi connectivity index (χ2v) is 6.26. The number of carbonyl (C=O) groups excluding carboxylic acids is 1. The standard InChI is InChI=1S/C20H26N4O.ClH/c1-4-23(5-2)14-9-15-24-18-12-7-6-11-17(18)22(3)20(25)16-10-8-13-21-19(16)24;/h6-8,10-13H,4-5,9,14-15H2,1-3H3;1H. The van der Waals surface area contributed by atoms with Crippen molar-refractivity contribution in [1.29, 1.82) is 0 Å². The maximum Gasteiger partial charge on any atom is 0.261 e. The van der Waals surface area contributed by atoms with Gasteiger partial charge in [-0.15, -0.1) is 12.4 Å². The van der Waals surface area contributed by atoms with E-state index in [4.69, 9.17) is 0 Å². The number of fused-ring (bicyclic) bond motifs is 2. The number of carbonyl (C=O) groups is 1. The van der Waals surface area contributed by atoms with Gasteiger partial charge in [-0.2, -0.15) is 0 Å². The second-order valence-electron chi connectivity index (χ2n) is 6.26. The number of para-hydroxylation sites is 2. The molecule has 1 amide bonds. The zero-order chi connectivity index (χ0) is 17.8. The quantitative estimate of drug-likeness (QED) is 0.767. The van der Waals surface area contributed by atoms with Crippen LogP contribution >= 0.6 is 12.4 Å². The molecule has 1 aliphatic heterocycles. The fourth-order valence-corrected chi connectivity index (χ4v) is 3.38. The average Bonchev–Trinajstić information content (AvgIpc) is 2.75. The van der Waals surface area contributed by atoms with E-state index in [0.29, 0.717) is 5.56 Å². The number of halogens is 1. The maximum absolute atomic E-state index is 12.9. The topological polar surface area (TPSA) is 39.7 Å².